The van der Waals surface area contributed by atoms with Crippen molar-refractivity contribution in [1.29, 1.82) is 0 Å². The van der Waals surface area contributed by atoms with Gasteiger partial charge in [0.1, 0.15) is 0 Å². The van der Waals surface area contributed by atoms with Crippen molar-refractivity contribution in [3.63, 3.8) is 0 Å². The molecule has 2 aliphatic heterocycles. The van der Waals surface area contributed by atoms with Crippen molar-refractivity contribution in [3.05, 3.63) is 0 Å². The predicted molar refractivity (Wildman–Crippen MR) is 57.9 cm³/mol. The number of carboxylic acid groups (broad SMARTS) is 1. The van der Waals surface area contributed by atoms with Crippen LogP contribution in [-0.4, -0.2) is 70.7 Å². The van der Waals surface area contributed by atoms with Crippen molar-refractivity contribution in [2.24, 2.45) is 0 Å². The fourth-order valence-corrected chi connectivity index (χ4v) is 2.58. The van der Waals surface area contributed by atoms with E-state index in [1.807, 2.05) is 0 Å². The molecule has 2 rings (SSSR count). The Labute approximate surface area is 93.2 Å². The first kappa shape index (κ1) is 11.2. The number of thioether (sulfide) groups is 1. The van der Waals surface area contributed by atoms with Crippen LogP contribution in [0.2, 0.25) is 0 Å². The van der Waals surface area contributed by atoms with Gasteiger partial charge < -0.3 is 5.11 Å². The van der Waals surface area contributed by atoms with E-state index < -0.39 is 5.97 Å². The lowest BCUT2D eigenvalue weighted by Crippen LogP contribution is -2.62. The zero-order valence-corrected chi connectivity index (χ0v) is 9.37. The lowest BCUT2D eigenvalue weighted by molar-refractivity contribution is -0.133. The summed E-state index contributed by atoms with van der Waals surface area (Å²) in [5.41, 5.74) is 0. The van der Waals surface area contributed by atoms with E-state index in [2.05, 4.69) is 20.0 Å². The molecule has 0 spiro atoms. The predicted octanol–water partition coefficient (Wildman–Crippen LogP) is -0.928. The summed E-state index contributed by atoms with van der Waals surface area (Å²) < 4.78 is 0. The largest absolute Gasteiger partial charge is 0.481 e. The van der Waals surface area contributed by atoms with Gasteiger partial charge in [-0.15, -0.1) is 11.8 Å². The van der Waals surface area contributed by atoms with E-state index in [4.69, 9.17) is 5.11 Å². The van der Waals surface area contributed by atoms with E-state index in [-0.39, 0.29) is 5.75 Å². The number of hydrogen-bond donors (Lipinski definition) is 2. The first-order valence-corrected chi connectivity index (χ1v) is 6.07. The summed E-state index contributed by atoms with van der Waals surface area (Å²) in [7, 11) is 0. The number of nitrogens with zero attached hydrogens (tertiary/aromatic N) is 3. The lowest BCUT2D eigenvalue weighted by Gasteiger charge is -2.45. The van der Waals surface area contributed by atoms with Crippen LogP contribution in [0.5, 0.6) is 0 Å². The molecule has 0 aromatic heterocycles. The molecule has 2 N–H and O–H groups in total. The summed E-state index contributed by atoms with van der Waals surface area (Å²) in [5, 5.41) is 11.8. The Kier molecular flexibility index (Phi) is 3.81. The monoisotopic (exact) mass is 232 g/mol. The third-order valence-corrected chi connectivity index (χ3v) is 3.37. The van der Waals surface area contributed by atoms with Gasteiger partial charge in [-0.2, -0.15) is 0 Å². The Morgan fingerprint density at radius 1 is 1.27 bits per heavy atom. The number of hydrogen-bond acceptors (Lipinski definition) is 6. The Bertz CT molecular complexity index is 229. The van der Waals surface area contributed by atoms with Crippen molar-refractivity contribution in [2.75, 3.05) is 45.0 Å². The molecule has 7 heteroatoms. The molecule has 0 aromatic carbocycles. The Balaban J connectivity index is 1.72. The van der Waals surface area contributed by atoms with Crippen LogP contribution < -0.4 is 5.32 Å². The Morgan fingerprint density at radius 3 is 2.53 bits per heavy atom. The molecule has 86 valence electrons. The summed E-state index contributed by atoms with van der Waals surface area (Å²) in [5.74, 6) is 0.244. The van der Waals surface area contributed by atoms with Crippen molar-refractivity contribution < 1.29 is 9.90 Å². The van der Waals surface area contributed by atoms with Gasteiger partial charge >= 0.3 is 5.97 Å². The minimum absolute atomic E-state index is 0.189. The van der Waals surface area contributed by atoms with Crippen LogP contribution in [0.1, 0.15) is 0 Å². The molecule has 6 nitrogen and oxygen atoms in total. The molecule has 2 aliphatic rings. The number of rotatable bonds is 4. The Hall–Kier alpha value is -0.340. The number of carboxylic acids is 1. The molecule has 2 bridgehead atoms. The van der Waals surface area contributed by atoms with Gasteiger partial charge in [-0.3, -0.25) is 24.8 Å². The zero-order valence-electron chi connectivity index (χ0n) is 8.56. The quantitative estimate of drug-likeness (QED) is 0.649. The average molecular weight is 232 g/mol. The number of nitrogens with one attached hydrogen (secondary N) is 1. The van der Waals surface area contributed by atoms with Crippen molar-refractivity contribution in [1.82, 2.24) is 20.0 Å². The van der Waals surface area contributed by atoms with Crippen molar-refractivity contribution in [3.8, 4) is 0 Å². The highest BCUT2D eigenvalue weighted by Crippen LogP contribution is 2.12. The van der Waals surface area contributed by atoms with Gasteiger partial charge in [0.15, 0.2) is 0 Å². The highest BCUT2D eigenvalue weighted by Gasteiger charge is 2.25. The molecule has 2 heterocycles. The maximum Gasteiger partial charge on any atom is 0.313 e. The van der Waals surface area contributed by atoms with Gasteiger partial charge in [0.05, 0.1) is 39.1 Å². The van der Waals surface area contributed by atoms with Crippen LogP contribution in [0.15, 0.2) is 0 Å². The van der Waals surface area contributed by atoms with Crippen molar-refractivity contribution in [2.45, 2.75) is 0 Å². The highest BCUT2D eigenvalue weighted by atomic mass is 32.2. The third kappa shape index (κ3) is 3.32. The zero-order chi connectivity index (χ0) is 10.7. The maximum absolute atomic E-state index is 10.4. The van der Waals surface area contributed by atoms with Crippen molar-refractivity contribution >= 4 is 17.7 Å². The molecule has 15 heavy (non-hydrogen) atoms. The number of aliphatic carboxylic acids is 1. The van der Waals surface area contributed by atoms with Crippen LogP contribution in [0.3, 0.4) is 0 Å². The fourth-order valence-electron chi connectivity index (χ4n) is 1.89. The summed E-state index contributed by atoms with van der Waals surface area (Å²) in [6, 6.07) is 0. The summed E-state index contributed by atoms with van der Waals surface area (Å²) in [6.45, 7) is 4.73. The molecule has 0 amide bonds. The third-order valence-electron chi connectivity index (χ3n) is 2.37. The number of fused-ring (bicyclic) bond motifs is 2. The Morgan fingerprint density at radius 2 is 1.93 bits per heavy atom. The second-order valence-electron chi connectivity index (χ2n) is 3.87. The minimum Gasteiger partial charge on any atom is -0.481 e. The fraction of sp³-hybridized carbons (Fsp3) is 0.875. The van der Waals surface area contributed by atoms with E-state index in [1.54, 1.807) is 0 Å². The molecule has 0 aliphatic carbocycles. The molecular weight excluding hydrogens is 216 g/mol. The summed E-state index contributed by atoms with van der Waals surface area (Å²) in [6.07, 6.45) is 0. The molecule has 2 saturated heterocycles. The molecular formula is C8H16N4O2S. The first-order chi connectivity index (χ1) is 7.24. The van der Waals surface area contributed by atoms with Crippen LogP contribution in [0.4, 0.5) is 0 Å². The molecule has 2 unspecified atom stereocenters. The van der Waals surface area contributed by atoms with Gasteiger partial charge in [-0.1, -0.05) is 0 Å². The maximum atomic E-state index is 10.4. The van der Waals surface area contributed by atoms with Crippen LogP contribution >= 0.6 is 11.8 Å². The normalized spacial score (nSPS) is 31.5. The first-order valence-electron chi connectivity index (χ1n) is 4.91. The number of carbonyl (C=O) groups is 1. The molecule has 0 aromatic rings. The van der Waals surface area contributed by atoms with E-state index in [0.29, 0.717) is 0 Å². The lowest BCUT2D eigenvalue weighted by atomic mass is 10.5. The van der Waals surface area contributed by atoms with Crippen LogP contribution in [0.25, 0.3) is 0 Å². The van der Waals surface area contributed by atoms with Crippen LogP contribution in [0, 0.1) is 0 Å². The van der Waals surface area contributed by atoms with Gasteiger partial charge in [-0.25, -0.2) is 0 Å². The molecule has 2 atom stereocenters. The van der Waals surface area contributed by atoms with E-state index in [9.17, 15) is 4.79 Å². The summed E-state index contributed by atoms with van der Waals surface area (Å²) >= 11 is 1.46. The van der Waals surface area contributed by atoms with Gasteiger partial charge in [0.25, 0.3) is 0 Å². The average Bonchev–Trinajstić information content (AvgIpc) is 2.16. The van der Waals surface area contributed by atoms with E-state index in [0.717, 1.165) is 39.2 Å². The summed E-state index contributed by atoms with van der Waals surface area (Å²) in [4.78, 5) is 17.2. The minimum atomic E-state index is -0.737. The van der Waals surface area contributed by atoms with Gasteiger partial charge in [-0.05, 0) is 0 Å². The second-order valence-corrected chi connectivity index (χ2v) is 4.83. The molecule has 0 saturated carbocycles. The van der Waals surface area contributed by atoms with Gasteiger partial charge in [0.2, 0.25) is 0 Å². The molecule has 2 fully saturated rings. The van der Waals surface area contributed by atoms with Gasteiger partial charge in [0, 0.05) is 5.88 Å². The topological polar surface area (TPSA) is 59.1 Å². The molecule has 0 radical (unpaired) electrons. The van der Waals surface area contributed by atoms with E-state index in [1.165, 1.54) is 11.8 Å². The highest BCUT2D eigenvalue weighted by molar-refractivity contribution is 7.99. The SMILES string of the molecule is O=C(O)CSCN1CN2CNCN(C2)C1. The standard InChI is InChI=1S/C8H16N4O2S/c13-8(14)1-15-7-12-5-10-2-9-3-11(4-10)6-12/h9H,1-7H2,(H,13,14). The second kappa shape index (κ2) is 5.13. The smallest absolute Gasteiger partial charge is 0.313 e. The van der Waals surface area contributed by atoms with E-state index >= 15 is 0 Å². The van der Waals surface area contributed by atoms with Crippen LogP contribution in [-0.2, 0) is 4.79 Å².